The summed E-state index contributed by atoms with van der Waals surface area (Å²) in [6.45, 7) is 2.55. The van der Waals surface area contributed by atoms with E-state index in [-0.39, 0.29) is 12.6 Å². The summed E-state index contributed by atoms with van der Waals surface area (Å²) in [7, 11) is 1.34. The minimum atomic E-state index is -0.385. The fourth-order valence-electron chi connectivity index (χ4n) is 1.13. The summed E-state index contributed by atoms with van der Waals surface area (Å²) in [4.78, 5) is 16.2. The Morgan fingerprint density at radius 3 is 2.53 bits per heavy atom. The van der Waals surface area contributed by atoms with Gasteiger partial charge in [-0.3, -0.25) is 9.90 Å². The monoisotopic (exact) mass is 209 g/mol. The fraction of sp³-hybridized carbons (Fsp3) is 0.364. The van der Waals surface area contributed by atoms with Gasteiger partial charge in [0, 0.05) is 6.54 Å². The maximum atomic E-state index is 10.9. The second kappa shape index (κ2) is 6.03. The van der Waals surface area contributed by atoms with Gasteiger partial charge in [0.25, 0.3) is 0 Å². The van der Waals surface area contributed by atoms with Crippen LogP contribution in [0.1, 0.15) is 6.92 Å². The smallest absolute Gasteiger partial charge is 0.334 e. The number of hydrogen-bond donors (Lipinski definition) is 0. The van der Waals surface area contributed by atoms with Crippen molar-refractivity contribution in [2.45, 2.75) is 6.92 Å². The van der Waals surface area contributed by atoms with Gasteiger partial charge in [0.05, 0.1) is 12.8 Å². The summed E-state index contributed by atoms with van der Waals surface area (Å²) in [5.41, 5.74) is 0.920. The molecule has 82 valence electrons. The van der Waals surface area contributed by atoms with Gasteiger partial charge in [0.2, 0.25) is 0 Å². The van der Waals surface area contributed by atoms with E-state index in [1.807, 2.05) is 37.3 Å². The van der Waals surface area contributed by atoms with Crippen LogP contribution >= 0.6 is 0 Å². The van der Waals surface area contributed by atoms with Gasteiger partial charge in [-0.15, -0.1) is 0 Å². The molecule has 0 radical (unpaired) electrons. The maximum Gasteiger partial charge on any atom is 0.334 e. The summed E-state index contributed by atoms with van der Waals surface area (Å²) < 4.78 is 4.49. The first kappa shape index (κ1) is 11.5. The molecule has 15 heavy (non-hydrogen) atoms. The molecule has 0 bridgehead atoms. The molecule has 0 heterocycles. The van der Waals surface area contributed by atoms with E-state index in [9.17, 15) is 4.79 Å². The Bertz CT molecular complexity index is 300. The highest BCUT2D eigenvalue weighted by molar-refractivity contribution is 5.70. The van der Waals surface area contributed by atoms with Crippen molar-refractivity contribution in [1.82, 2.24) is 0 Å². The van der Waals surface area contributed by atoms with Gasteiger partial charge >= 0.3 is 5.97 Å². The molecule has 0 N–H and O–H groups in total. The molecule has 1 rings (SSSR count). The Labute approximate surface area is 89.4 Å². The summed E-state index contributed by atoms with van der Waals surface area (Å²) in [6.07, 6.45) is 0. The average molecular weight is 209 g/mol. The highest BCUT2D eigenvalue weighted by Gasteiger charge is 2.07. The van der Waals surface area contributed by atoms with E-state index in [1.165, 1.54) is 7.11 Å². The third-order valence-electron chi connectivity index (χ3n) is 1.90. The second-order valence-electron chi connectivity index (χ2n) is 2.88. The molecule has 0 atom stereocenters. The molecule has 0 unspecified atom stereocenters. The predicted octanol–water partition coefficient (Wildman–Crippen LogP) is 1.62. The van der Waals surface area contributed by atoms with Crippen molar-refractivity contribution in [1.29, 1.82) is 0 Å². The number of nitrogens with zero attached hydrogens (tertiary/aromatic N) is 1. The van der Waals surface area contributed by atoms with Gasteiger partial charge in [-0.1, -0.05) is 18.2 Å². The number of esters is 1. The van der Waals surface area contributed by atoms with Gasteiger partial charge in [-0.2, -0.15) is 0 Å². The van der Waals surface area contributed by atoms with Gasteiger partial charge in [-0.25, -0.2) is 4.79 Å². The van der Waals surface area contributed by atoms with Crippen LogP contribution in [0, 0.1) is 0 Å². The van der Waals surface area contributed by atoms with Crippen LogP contribution in [0.3, 0.4) is 0 Å². The number of rotatable bonds is 5. The molecule has 1 aromatic rings. The highest BCUT2D eigenvalue weighted by Crippen LogP contribution is 2.12. The van der Waals surface area contributed by atoms with E-state index in [0.717, 1.165) is 5.69 Å². The topological polar surface area (TPSA) is 38.8 Å². The van der Waals surface area contributed by atoms with Gasteiger partial charge in [-0.05, 0) is 19.1 Å². The molecule has 4 nitrogen and oxygen atoms in total. The lowest BCUT2D eigenvalue weighted by atomic mass is 10.3. The van der Waals surface area contributed by atoms with Gasteiger partial charge in [0.15, 0.2) is 6.61 Å². The van der Waals surface area contributed by atoms with E-state index in [0.29, 0.717) is 6.54 Å². The summed E-state index contributed by atoms with van der Waals surface area (Å²) >= 11 is 0. The van der Waals surface area contributed by atoms with Crippen molar-refractivity contribution in [3.05, 3.63) is 30.3 Å². The minimum Gasteiger partial charge on any atom is -0.467 e. The molecule has 0 fully saturated rings. The normalized spacial score (nSPS) is 9.73. The minimum absolute atomic E-state index is 0.0702. The highest BCUT2D eigenvalue weighted by atomic mass is 16.7. The van der Waals surface area contributed by atoms with Crippen LogP contribution in [0.4, 0.5) is 5.69 Å². The van der Waals surface area contributed by atoms with Crippen molar-refractivity contribution in [2.75, 3.05) is 25.3 Å². The molecule has 0 aliphatic heterocycles. The number of carbonyl (C=O) groups is 1. The van der Waals surface area contributed by atoms with Crippen LogP contribution in [-0.4, -0.2) is 26.2 Å². The largest absolute Gasteiger partial charge is 0.467 e. The van der Waals surface area contributed by atoms with Crippen molar-refractivity contribution in [2.24, 2.45) is 0 Å². The first-order chi connectivity index (χ1) is 7.27. The number of hydroxylamine groups is 1. The molecule has 0 aliphatic rings. The lowest BCUT2D eigenvalue weighted by Crippen LogP contribution is -2.26. The van der Waals surface area contributed by atoms with Crippen LogP contribution < -0.4 is 5.06 Å². The molecule has 0 aromatic heterocycles. The maximum absolute atomic E-state index is 10.9. The molecule has 0 spiro atoms. The zero-order valence-electron chi connectivity index (χ0n) is 8.97. The van der Waals surface area contributed by atoms with E-state index in [1.54, 1.807) is 5.06 Å². The Kier molecular flexibility index (Phi) is 4.63. The van der Waals surface area contributed by atoms with E-state index < -0.39 is 0 Å². The molecule has 0 amide bonds. The average Bonchev–Trinajstić information content (AvgIpc) is 2.31. The summed E-state index contributed by atoms with van der Waals surface area (Å²) in [6, 6.07) is 9.60. The fourth-order valence-corrected chi connectivity index (χ4v) is 1.13. The Morgan fingerprint density at radius 1 is 1.33 bits per heavy atom. The Morgan fingerprint density at radius 2 is 2.00 bits per heavy atom. The predicted molar refractivity (Wildman–Crippen MR) is 57.4 cm³/mol. The van der Waals surface area contributed by atoms with Crippen molar-refractivity contribution < 1.29 is 14.4 Å². The van der Waals surface area contributed by atoms with Crippen LogP contribution in [0.2, 0.25) is 0 Å². The van der Waals surface area contributed by atoms with Gasteiger partial charge in [0.1, 0.15) is 0 Å². The van der Waals surface area contributed by atoms with Crippen LogP contribution in [-0.2, 0) is 14.4 Å². The molecular weight excluding hydrogens is 194 g/mol. The number of carbonyl (C=O) groups excluding carboxylic acids is 1. The molecule has 1 aromatic carbocycles. The second-order valence-corrected chi connectivity index (χ2v) is 2.88. The zero-order chi connectivity index (χ0) is 11.1. The Balaban J connectivity index is 2.53. The van der Waals surface area contributed by atoms with Crippen molar-refractivity contribution in [3.63, 3.8) is 0 Å². The first-order valence-corrected chi connectivity index (χ1v) is 4.80. The van der Waals surface area contributed by atoms with E-state index in [2.05, 4.69) is 4.74 Å². The number of para-hydroxylation sites is 1. The lowest BCUT2D eigenvalue weighted by molar-refractivity contribution is -0.146. The third-order valence-corrected chi connectivity index (χ3v) is 1.90. The Hall–Kier alpha value is -1.55. The quantitative estimate of drug-likeness (QED) is 0.545. The van der Waals surface area contributed by atoms with Crippen molar-refractivity contribution >= 4 is 11.7 Å². The van der Waals surface area contributed by atoms with Crippen LogP contribution in [0.5, 0.6) is 0 Å². The SMILES string of the molecule is CCN(OCC(=O)OC)c1ccccc1. The van der Waals surface area contributed by atoms with E-state index in [4.69, 9.17) is 4.84 Å². The third kappa shape index (κ3) is 3.59. The first-order valence-electron chi connectivity index (χ1n) is 4.80. The van der Waals surface area contributed by atoms with E-state index >= 15 is 0 Å². The number of hydrogen-bond acceptors (Lipinski definition) is 4. The van der Waals surface area contributed by atoms with Gasteiger partial charge < -0.3 is 4.74 Å². The molecule has 0 saturated heterocycles. The summed E-state index contributed by atoms with van der Waals surface area (Å²) in [5, 5.41) is 1.65. The number of anilines is 1. The molecule has 0 aliphatic carbocycles. The molecule has 0 saturated carbocycles. The van der Waals surface area contributed by atoms with Crippen LogP contribution in [0.15, 0.2) is 30.3 Å². The number of ether oxygens (including phenoxy) is 1. The van der Waals surface area contributed by atoms with Crippen molar-refractivity contribution in [3.8, 4) is 0 Å². The summed E-state index contributed by atoms with van der Waals surface area (Å²) in [5.74, 6) is -0.385. The molecular formula is C11H15NO3. The standard InChI is InChI=1S/C11H15NO3/c1-3-12(15-9-11(13)14-2)10-7-5-4-6-8-10/h4-8H,3,9H2,1-2H3. The molecule has 4 heteroatoms. The number of methoxy groups -OCH3 is 1. The van der Waals surface area contributed by atoms with Crippen LogP contribution in [0.25, 0.3) is 0 Å². The number of benzene rings is 1. The lowest BCUT2D eigenvalue weighted by Gasteiger charge is -2.21. The zero-order valence-corrected chi connectivity index (χ0v) is 8.97.